The number of isocyanates is 2. The number of carboxylic acids is 1. The lowest BCUT2D eigenvalue weighted by Gasteiger charge is -1.99. The van der Waals surface area contributed by atoms with Crippen molar-refractivity contribution in [2.75, 3.05) is 32.9 Å². The molecule has 0 spiro atoms. The third kappa shape index (κ3) is 19.1. The van der Waals surface area contributed by atoms with E-state index in [-0.39, 0.29) is 13.2 Å². The Kier molecular flexibility index (Phi) is 17.1. The molecule has 0 fully saturated rings. The maximum absolute atomic E-state index is 10.6. The van der Waals surface area contributed by atoms with Crippen molar-refractivity contribution in [3.63, 3.8) is 0 Å². The van der Waals surface area contributed by atoms with E-state index in [0.717, 1.165) is 0 Å². The Morgan fingerprint density at radius 3 is 2.12 bits per heavy atom. The van der Waals surface area contributed by atoms with Crippen molar-refractivity contribution in [1.29, 1.82) is 0 Å². The second-order valence-corrected chi connectivity index (χ2v) is 4.46. The molecule has 0 radical (unpaired) electrons. The molecule has 0 aromatic heterocycles. The molecule has 0 saturated carbocycles. The van der Waals surface area contributed by atoms with Crippen molar-refractivity contribution in [3.05, 3.63) is 23.8 Å². The molecule has 0 unspecified atom stereocenters. The minimum absolute atomic E-state index is 0.0981. The second kappa shape index (κ2) is 17.5. The molecule has 1 N–H and O–H groups in total. The lowest BCUT2D eigenvalue weighted by molar-refractivity contribution is -0.138. The summed E-state index contributed by atoms with van der Waals surface area (Å²) in [5.41, 5.74) is 0.639. The van der Waals surface area contributed by atoms with E-state index in [1.54, 1.807) is 13.0 Å². The first kappa shape index (κ1) is 24.4. The number of carbonyl (C=O) groups excluding carboxylic acids is 3. The van der Waals surface area contributed by atoms with Crippen molar-refractivity contribution < 1.29 is 33.8 Å². The average molecular weight is 354 g/mol. The summed E-state index contributed by atoms with van der Waals surface area (Å²) in [6.07, 6.45) is 4.86. The summed E-state index contributed by atoms with van der Waals surface area (Å²) in [4.78, 5) is 46.6. The van der Waals surface area contributed by atoms with Crippen LogP contribution in [-0.2, 0) is 28.7 Å². The summed E-state index contributed by atoms with van der Waals surface area (Å²) in [6.45, 7) is 7.78. The summed E-state index contributed by atoms with van der Waals surface area (Å²) in [5.74, 6) is -1.39. The monoisotopic (exact) mass is 354 g/mol. The van der Waals surface area contributed by atoms with E-state index in [1.807, 2.05) is 0 Å². The molecule has 0 bridgehead atoms. The zero-order valence-corrected chi connectivity index (χ0v) is 14.3. The summed E-state index contributed by atoms with van der Waals surface area (Å²) >= 11 is 0. The molecule has 0 saturated heterocycles. The van der Waals surface area contributed by atoms with Crippen LogP contribution >= 0.6 is 0 Å². The summed E-state index contributed by atoms with van der Waals surface area (Å²) in [7, 11) is 0. The van der Waals surface area contributed by atoms with Gasteiger partial charge in [0.1, 0.15) is 6.61 Å². The smallest absolute Gasteiger partial charge is 0.333 e. The number of ether oxygens (including phenoxy) is 2. The molecule has 9 nitrogen and oxygen atoms in total. The third-order valence-corrected chi connectivity index (χ3v) is 2.31. The minimum atomic E-state index is -0.921. The predicted octanol–water partition coefficient (Wildman–Crippen LogP) is 1.20. The maximum Gasteiger partial charge on any atom is 0.333 e. The molecule has 9 heteroatoms. The molecule has 0 atom stereocenters. The highest BCUT2D eigenvalue weighted by molar-refractivity contribution is 5.87. The lowest BCUT2D eigenvalue weighted by Crippen LogP contribution is -2.07. The van der Waals surface area contributed by atoms with Gasteiger partial charge in [-0.15, -0.1) is 0 Å². The number of aliphatic imine (C=N–C) groups is 2. The first-order chi connectivity index (χ1) is 11.9. The molecular formula is C16H22N2O7. The van der Waals surface area contributed by atoms with E-state index >= 15 is 0 Å². The first-order valence-electron chi connectivity index (χ1n) is 7.24. The highest BCUT2D eigenvalue weighted by Gasteiger charge is 2.00. The zero-order chi connectivity index (χ0) is 19.5. The molecule has 138 valence electrons. The molecule has 0 heterocycles. The Bertz CT molecular complexity index is 557. The number of hydrogen-bond donors (Lipinski definition) is 1. The number of aliphatic carboxylic acids is 1. The van der Waals surface area contributed by atoms with Crippen LogP contribution in [0.15, 0.2) is 33.8 Å². The van der Waals surface area contributed by atoms with Crippen LogP contribution < -0.4 is 0 Å². The van der Waals surface area contributed by atoms with Gasteiger partial charge in [0.25, 0.3) is 0 Å². The molecule has 0 rings (SSSR count). The standard InChI is InChI=1S/C9H13NO4.C7H9NO3/c1-8(9(12)13)3-2-5-14-6-4-10-7-11;1-6(2)7(10)11-4-3-8-5-9/h3H,2,4-6H2,1H3,(H,12,13);1,3-4H2,2H3. The fourth-order valence-corrected chi connectivity index (χ4v) is 1.06. The Labute approximate surface area is 145 Å². The van der Waals surface area contributed by atoms with Gasteiger partial charge in [-0.25, -0.2) is 29.2 Å². The van der Waals surface area contributed by atoms with Crippen LogP contribution in [-0.4, -0.2) is 62.1 Å². The minimum Gasteiger partial charge on any atom is -0.478 e. The van der Waals surface area contributed by atoms with Gasteiger partial charge in [0.15, 0.2) is 0 Å². The average Bonchev–Trinajstić information content (AvgIpc) is 2.57. The normalized spacial score (nSPS) is 9.60. The van der Waals surface area contributed by atoms with Crippen molar-refractivity contribution in [2.45, 2.75) is 20.3 Å². The van der Waals surface area contributed by atoms with Crippen LogP contribution in [0.25, 0.3) is 0 Å². The number of rotatable bonds is 11. The predicted molar refractivity (Wildman–Crippen MR) is 88.6 cm³/mol. The van der Waals surface area contributed by atoms with E-state index in [1.165, 1.54) is 19.1 Å². The van der Waals surface area contributed by atoms with E-state index in [2.05, 4.69) is 21.3 Å². The lowest BCUT2D eigenvalue weighted by atomic mass is 10.2. The van der Waals surface area contributed by atoms with Gasteiger partial charge in [0.2, 0.25) is 12.2 Å². The number of esters is 1. The van der Waals surface area contributed by atoms with Crippen LogP contribution in [0.5, 0.6) is 0 Å². The summed E-state index contributed by atoms with van der Waals surface area (Å²) in [6, 6.07) is 0. The van der Waals surface area contributed by atoms with Crippen LogP contribution in [0, 0.1) is 0 Å². The number of carboxylic acid groups (broad SMARTS) is 1. The summed E-state index contributed by atoms with van der Waals surface area (Å²) in [5, 5.41) is 8.49. The highest BCUT2D eigenvalue weighted by atomic mass is 16.5. The van der Waals surface area contributed by atoms with Crippen molar-refractivity contribution in [1.82, 2.24) is 0 Å². The number of carbonyl (C=O) groups is 2. The Morgan fingerprint density at radius 1 is 1.08 bits per heavy atom. The van der Waals surface area contributed by atoms with Gasteiger partial charge < -0.3 is 14.6 Å². The quantitative estimate of drug-likeness (QED) is 0.194. The van der Waals surface area contributed by atoms with Gasteiger partial charge in [-0.3, -0.25) is 0 Å². The number of nitrogens with zero attached hydrogens (tertiary/aromatic N) is 2. The van der Waals surface area contributed by atoms with Gasteiger partial charge in [0, 0.05) is 11.1 Å². The molecule has 0 amide bonds. The van der Waals surface area contributed by atoms with Gasteiger partial charge in [-0.2, -0.15) is 0 Å². The summed E-state index contributed by atoms with van der Waals surface area (Å²) < 4.78 is 9.65. The van der Waals surface area contributed by atoms with Crippen LogP contribution in [0.1, 0.15) is 20.3 Å². The Morgan fingerprint density at radius 2 is 1.64 bits per heavy atom. The van der Waals surface area contributed by atoms with Crippen LogP contribution in [0.4, 0.5) is 0 Å². The molecule has 0 aromatic rings. The SMILES string of the molecule is C=C(C)C(=O)OCCN=C=O.CC(=CCCOCCN=C=O)C(=O)O. The van der Waals surface area contributed by atoms with Gasteiger partial charge in [-0.05, 0) is 20.3 Å². The first-order valence-corrected chi connectivity index (χ1v) is 7.24. The van der Waals surface area contributed by atoms with Crippen LogP contribution in [0.2, 0.25) is 0 Å². The van der Waals surface area contributed by atoms with E-state index < -0.39 is 11.9 Å². The molecule has 0 aliphatic rings. The van der Waals surface area contributed by atoms with Gasteiger partial charge in [0.05, 0.1) is 26.3 Å². The number of hydrogen-bond acceptors (Lipinski definition) is 8. The Hall–Kier alpha value is -2.86. The molecular weight excluding hydrogens is 332 g/mol. The van der Waals surface area contributed by atoms with Crippen molar-refractivity contribution in [3.8, 4) is 0 Å². The highest BCUT2D eigenvalue weighted by Crippen LogP contribution is 1.95. The molecule has 0 aromatic carbocycles. The third-order valence-electron chi connectivity index (χ3n) is 2.31. The topological polar surface area (TPSA) is 132 Å². The van der Waals surface area contributed by atoms with Crippen LogP contribution in [0.3, 0.4) is 0 Å². The van der Waals surface area contributed by atoms with Crippen molar-refractivity contribution >= 4 is 24.1 Å². The molecule has 25 heavy (non-hydrogen) atoms. The van der Waals surface area contributed by atoms with Gasteiger partial charge in [-0.1, -0.05) is 12.7 Å². The van der Waals surface area contributed by atoms with E-state index in [4.69, 9.17) is 9.84 Å². The fraction of sp³-hybridized carbons (Fsp3) is 0.500. The Balaban J connectivity index is 0. The second-order valence-electron chi connectivity index (χ2n) is 4.46. The largest absolute Gasteiger partial charge is 0.478 e. The fourth-order valence-electron chi connectivity index (χ4n) is 1.06. The maximum atomic E-state index is 10.6. The van der Waals surface area contributed by atoms with E-state index in [0.29, 0.717) is 37.3 Å². The zero-order valence-electron chi connectivity index (χ0n) is 14.3. The van der Waals surface area contributed by atoms with Gasteiger partial charge >= 0.3 is 11.9 Å². The molecule has 0 aliphatic heterocycles. The van der Waals surface area contributed by atoms with Crippen molar-refractivity contribution in [2.24, 2.45) is 9.98 Å². The molecule has 0 aliphatic carbocycles. The van der Waals surface area contributed by atoms with E-state index in [9.17, 15) is 19.2 Å².